The number of carboxylic acids is 1. The van der Waals surface area contributed by atoms with Crippen molar-refractivity contribution in [2.24, 2.45) is 0 Å². The predicted octanol–water partition coefficient (Wildman–Crippen LogP) is 3.69. The van der Waals surface area contributed by atoms with Crippen LogP contribution in [0.3, 0.4) is 0 Å². The number of hydrogen-bond acceptors (Lipinski definition) is 2. The zero-order valence-corrected chi connectivity index (χ0v) is 12.0. The molecular weight excluding hydrogens is 228 g/mol. The molecule has 0 heterocycles. The molecule has 0 aliphatic carbocycles. The first kappa shape index (κ1) is 14.6. The molecule has 0 saturated carbocycles. The van der Waals surface area contributed by atoms with Crippen LogP contribution in [0.15, 0.2) is 12.1 Å². The molecule has 0 bridgehead atoms. The lowest BCUT2D eigenvalue weighted by Crippen LogP contribution is -2.23. The second-order valence-corrected chi connectivity index (χ2v) is 6.72. The van der Waals surface area contributed by atoms with E-state index < -0.39 is 5.97 Å². The minimum Gasteiger partial charge on any atom is -0.508 e. The molecule has 0 atom stereocenters. The van der Waals surface area contributed by atoms with E-state index in [0.29, 0.717) is 16.7 Å². The van der Waals surface area contributed by atoms with Gasteiger partial charge in [0.2, 0.25) is 0 Å². The minimum atomic E-state index is -0.940. The number of rotatable bonds is 1. The van der Waals surface area contributed by atoms with Gasteiger partial charge in [0.15, 0.2) is 0 Å². The van der Waals surface area contributed by atoms with Crippen LogP contribution in [-0.4, -0.2) is 16.2 Å². The van der Waals surface area contributed by atoms with Crippen LogP contribution in [0.25, 0.3) is 0 Å². The van der Waals surface area contributed by atoms with Gasteiger partial charge in [-0.05, 0) is 34.1 Å². The van der Waals surface area contributed by atoms with Gasteiger partial charge >= 0.3 is 5.97 Å². The highest BCUT2D eigenvalue weighted by Crippen LogP contribution is 2.36. The summed E-state index contributed by atoms with van der Waals surface area (Å²) in [5.41, 5.74) is 0.992. The second-order valence-electron chi connectivity index (χ2n) is 6.72. The molecule has 0 unspecified atom stereocenters. The zero-order valence-electron chi connectivity index (χ0n) is 12.0. The first-order valence-corrected chi connectivity index (χ1v) is 6.06. The topological polar surface area (TPSA) is 57.5 Å². The molecule has 0 spiro atoms. The Kier molecular flexibility index (Phi) is 3.48. The third kappa shape index (κ3) is 2.84. The Morgan fingerprint density at radius 1 is 0.944 bits per heavy atom. The SMILES string of the molecule is CC(C)(C)c1cc(O)cc(C(C)(C)C)c1C(=O)O. The van der Waals surface area contributed by atoms with Crippen molar-refractivity contribution in [1.82, 2.24) is 0 Å². The molecule has 0 aliphatic rings. The van der Waals surface area contributed by atoms with Gasteiger partial charge in [0.05, 0.1) is 5.56 Å². The van der Waals surface area contributed by atoms with E-state index in [2.05, 4.69) is 0 Å². The van der Waals surface area contributed by atoms with Gasteiger partial charge in [-0.25, -0.2) is 4.79 Å². The van der Waals surface area contributed by atoms with E-state index in [1.54, 1.807) is 12.1 Å². The van der Waals surface area contributed by atoms with Crippen molar-refractivity contribution in [3.8, 4) is 5.75 Å². The average Bonchev–Trinajstić information content (AvgIpc) is 2.12. The van der Waals surface area contributed by atoms with E-state index in [-0.39, 0.29) is 16.6 Å². The summed E-state index contributed by atoms with van der Waals surface area (Å²) >= 11 is 0. The number of carboxylic acid groups (broad SMARTS) is 1. The molecule has 18 heavy (non-hydrogen) atoms. The normalized spacial score (nSPS) is 12.6. The van der Waals surface area contributed by atoms with Crippen molar-refractivity contribution in [2.45, 2.75) is 52.4 Å². The van der Waals surface area contributed by atoms with Crippen LogP contribution in [-0.2, 0) is 10.8 Å². The first-order valence-electron chi connectivity index (χ1n) is 6.06. The summed E-state index contributed by atoms with van der Waals surface area (Å²) in [5.74, 6) is -0.820. The molecule has 3 heteroatoms. The number of carbonyl (C=O) groups is 1. The van der Waals surface area contributed by atoms with Crippen molar-refractivity contribution < 1.29 is 15.0 Å². The fourth-order valence-electron chi connectivity index (χ4n) is 2.04. The van der Waals surface area contributed by atoms with Crippen LogP contribution in [0, 0.1) is 0 Å². The van der Waals surface area contributed by atoms with Gasteiger partial charge in [-0.15, -0.1) is 0 Å². The molecule has 0 radical (unpaired) electrons. The number of phenols is 1. The number of aromatic hydroxyl groups is 1. The number of hydrogen-bond donors (Lipinski definition) is 2. The van der Waals surface area contributed by atoms with Crippen molar-refractivity contribution in [3.05, 3.63) is 28.8 Å². The molecule has 0 aromatic heterocycles. The van der Waals surface area contributed by atoms with Crippen LogP contribution in [0.1, 0.15) is 63.0 Å². The highest BCUT2D eigenvalue weighted by Gasteiger charge is 2.29. The van der Waals surface area contributed by atoms with Gasteiger partial charge in [0.1, 0.15) is 5.75 Å². The fraction of sp³-hybridized carbons (Fsp3) is 0.533. The Labute approximate surface area is 108 Å². The van der Waals surface area contributed by atoms with Crippen molar-refractivity contribution >= 4 is 5.97 Å². The van der Waals surface area contributed by atoms with Gasteiger partial charge in [-0.3, -0.25) is 0 Å². The summed E-state index contributed by atoms with van der Waals surface area (Å²) in [5, 5.41) is 19.3. The summed E-state index contributed by atoms with van der Waals surface area (Å²) in [6.45, 7) is 11.7. The molecule has 1 aromatic carbocycles. The lowest BCUT2D eigenvalue weighted by Gasteiger charge is -2.28. The third-order valence-corrected chi connectivity index (χ3v) is 2.95. The highest BCUT2D eigenvalue weighted by molar-refractivity contribution is 5.92. The lowest BCUT2D eigenvalue weighted by atomic mass is 9.76. The van der Waals surface area contributed by atoms with Gasteiger partial charge < -0.3 is 10.2 Å². The Hall–Kier alpha value is -1.51. The summed E-state index contributed by atoms with van der Waals surface area (Å²) in [6.07, 6.45) is 0. The maximum absolute atomic E-state index is 11.6. The van der Waals surface area contributed by atoms with E-state index in [1.807, 2.05) is 41.5 Å². The van der Waals surface area contributed by atoms with E-state index in [0.717, 1.165) is 0 Å². The van der Waals surface area contributed by atoms with Gasteiger partial charge in [0, 0.05) is 0 Å². The van der Waals surface area contributed by atoms with Gasteiger partial charge in [-0.2, -0.15) is 0 Å². The van der Waals surface area contributed by atoms with E-state index in [1.165, 1.54) is 0 Å². The molecule has 0 aliphatic heterocycles. The fourth-order valence-corrected chi connectivity index (χ4v) is 2.04. The van der Waals surface area contributed by atoms with E-state index in [9.17, 15) is 15.0 Å². The van der Waals surface area contributed by atoms with Crippen molar-refractivity contribution in [3.63, 3.8) is 0 Å². The van der Waals surface area contributed by atoms with Crippen LogP contribution >= 0.6 is 0 Å². The van der Waals surface area contributed by atoms with Gasteiger partial charge in [-0.1, -0.05) is 41.5 Å². The van der Waals surface area contributed by atoms with Crippen LogP contribution in [0.2, 0.25) is 0 Å². The van der Waals surface area contributed by atoms with E-state index >= 15 is 0 Å². The summed E-state index contributed by atoms with van der Waals surface area (Å²) in [4.78, 5) is 11.6. The predicted molar refractivity (Wildman–Crippen MR) is 72.5 cm³/mol. The third-order valence-electron chi connectivity index (χ3n) is 2.95. The first-order chi connectivity index (χ1) is 7.94. The molecule has 0 amide bonds. The summed E-state index contributed by atoms with van der Waals surface area (Å²) in [6, 6.07) is 3.11. The Morgan fingerprint density at radius 3 is 1.50 bits per heavy atom. The average molecular weight is 250 g/mol. The highest BCUT2D eigenvalue weighted by atomic mass is 16.4. The standard InChI is InChI=1S/C15H22O3/c1-14(2,3)10-7-9(16)8-11(15(4,5)6)12(10)13(17)18/h7-8,16H,1-6H3,(H,17,18). The zero-order chi connectivity index (χ0) is 14.3. The smallest absolute Gasteiger partial charge is 0.336 e. The molecule has 100 valence electrons. The maximum atomic E-state index is 11.6. The number of aromatic carboxylic acids is 1. The van der Waals surface area contributed by atoms with Crippen LogP contribution < -0.4 is 0 Å². The molecule has 1 aromatic rings. The molecule has 1 rings (SSSR count). The van der Waals surface area contributed by atoms with Gasteiger partial charge in [0.25, 0.3) is 0 Å². The molecule has 0 saturated heterocycles. The Balaban J connectivity index is 3.74. The Bertz CT molecular complexity index is 438. The minimum absolute atomic E-state index is 0.120. The van der Waals surface area contributed by atoms with Crippen molar-refractivity contribution in [2.75, 3.05) is 0 Å². The largest absolute Gasteiger partial charge is 0.508 e. The molecule has 2 N–H and O–H groups in total. The summed E-state index contributed by atoms with van der Waals surface area (Å²) in [7, 11) is 0. The van der Waals surface area contributed by atoms with Crippen LogP contribution in [0.5, 0.6) is 5.75 Å². The van der Waals surface area contributed by atoms with E-state index in [4.69, 9.17) is 0 Å². The summed E-state index contributed by atoms with van der Waals surface area (Å²) < 4.78 is 0. The van der Waals surface area contributed by atoms with Crippen molar-refractivity contribution in [1.29, 1.82) is 0 Å². The monoisotopic (exact) mass is 250 g/mol. The quantitative estimate of drug-likeness (QED) is 0.799. The van der Waals surface area contributed by atoms with Crippen LogP contribution in [0.4, 0.5) is 0 Å². The number of phenolic OH excluding ortho intramolecular Hbond substituents is 1. The number of benzene rings is 1. The second kappa shape index (κ2) is 4.30. The molecular formula is C15H22O3. The maximum Gasteiger partial charge on any atom is 0.336 e. The Morgan fingerprint density at radius 2 is 1.28 bits per heavy atom. The molecule has 0 fully saturated rings. The molecule has 3 nitrogen and oxygen atoms in total. The lowest BCUT2D eigenvalue weighted by molar-refractivity contribution is 0.0691.